The number of alkyl halides is 3. The molecule has 0 radical (unpaired) electrons. The molecule has 1 amide bonds. The number of furan rings is 1. The Morgan fingerprint density at radius 2 is 2.12 bits per heavy atom. The number of aryl methyl sites for hydroxylation is 1. The van der Waals surface area contributed by atoms with Crippen LogP contribution in [0.5, 0.6) is 0 Å². The molecular formula is C22H24F3N5O4. The summed E-state index contributed by atoms with van der Waals surface area (Å²) >= 11 is 0. The fraction of sp³-hybridized carbons (Fsp3) is 0.500. The van der Waals surface area contributed by atoms with E-state index in [0.717, 1.165) is 0 Å². The van der Waals surface area contributed by atoms with Gasteiger partial charge >= 0.3 is 6.18 Å². The Balaban J connectivity index is 1.49. The van der Waals surface area contributed by atoms with E-state index in [4.69, 9.17) is 13.9 Å². The van der Waals surface area contributed by atoms with Crippen LogP contribution in [0.25, 0.3) is 11.3 Å². The van der Waals surface area contributed by atoms with Gasteiger partial charge in [0.15, 0.2) is 0 Å². The molecule has 0 spiro atoms. The monoisotopic (exact) mass is 479 g/mol. The van der Waals surface area contributed by atoms with Gasteiger partial charge in [-0.1, -0.05) is 6.92 Å². The molecule has 0 bridgehead atoms. The number of carbonyl (C=O) groups is 1. The minimum absolute atomic E-state index is 0.0257. The van der Waals surface area contributed by atoms with Gasteiger partial charge in [0.25, 0.3) is 5.91 Å². The van der Waals surface area contributed by atoms with Crippen molar-refractivity contribution in [2.75, 3.05) is 19.8 Å². The molecule has 1 saturated heterocycles. The number of nitrogens with one attached hydrogen (secondary N) is 1. The van der Waals surface area contributed by atoms with Gasteiger partial charge in [-0.15, -0.1) is 0 Å². The zero-order valence-electron chi connectivity index (χ0n) is 18.7. The number of fused-ring (bicyclic) bond motifs is 3. The number of ether oxygens (including phenoxy) is 2. The molecule has 0 aromatic carbocycles. The summed E-state index contributed by atoms with van der Waals surface area (Å²) in [6.07, 6.45) is 0.140. The van der Waals surface area contributed by atoms with Gasteiger partial charge < -0.3 is 23.8 Å². The number of carbonyl (C=O) groups excluding carboxylic acids is 1. The Morgan fingerprint density at radius 3 is 2.79 bits per heavy atom. The minimum atomic E-state index is -4.81. The van der Waals surface area contributed by atoms with Gasteiger partial charge in [0, 0.05) is 31.4 Å². The average molecular weight is 479 g/mol. The quantitative estimate of drug-likeness (QED) is 0.605. The molecule has 2 atom stereocenters. The first-order valence-corrected chi connectivity index (χ1v) is 11.0. The number of aromatic nitrogens is 4. The highest BCUT2D eigenvalue weighted by molar-refractivity contribution is 5.96. The summed E-state index contributed by atoms with van der Waals surface area (Å²) in [6, 6.07) is 0. The third-order valence-electron chi connectivity index (χ3n) is 5.98. The number of hydrogen-bond acceptors (Lipinski definition) is 6. The van der Waals surface area contributed by atoms with Crippen LogP contribution in [-0.2, 0) is 42.2 Å². The first-order valence-electron chi connectivity index (χ1n) is 11.0. The Labute approximate surface area is 192 Å². The molecule has 182 valence electrons. The van der Waals surface area contributed by atoms with E-state index >= 15 is 0 Å². The van der Waals surface area contributed by atoms with E-state index in [-0.39, 0.29) is 42.0 Å². The predicted molar refractivity (Wildman–Crippen MR) is 112 cm³/mol. The molecule has 3 aromatic heterocycles. The highest BCUT2D eigenvalue weighted by Gasteiger charge is 2.46. The Bertz CT molecular complexity index is 1210. The van der Waals surface area contributed by atoms with E-state index in [1.165, 1.54) is 6.33 Å². The van der Waals surface area contributed by atoms with Crippen molar-refractivity contribution in [3.05, 3.63) is 47.1 Å². The smallest absolute Gasteiger partial charge is 0.420 e. The minimum Gasteiger partial charge on any atom is -0.455 e. The van der Waals surface area contributed by atoms with Crippen molar-refractivity contribution in [2.45, 2.75) is 44.6 Å². The molecule has 1 fully saturated rings. The summed E-state index contributed by atoms with van der Waals surface area (Å²) in [7, 11) is 1.76. The molecule has 4 heterocycles. The number of amides is 1. The van der Waals surface area contributed by atoms with Crippen LogP contribution in [0, 0.1) is 0 Å². The van der Waals surface area contributed by atoms with E-state index in [9.17, 15) is 18.0 Å². The highest BCUT2D eigenvalue weighted by Crippen LogP contribution is 2.48. The molecule has 1 N–H and O–H groups in total. The second kappa shape index (κ2) is 8.58. The maximum absolute atomic E-state index is 14.2. The van der Waals surface area contributed by atoms with Gasteiger partial charge in [-0.05, 0) is 5.92 Å². The van der Waals surface area contributed by atoms with Crippen molar-refractivity contribution in [3.63, 3.8) is 0 Å². The molecule has 0 saturated carbocycles. The molecule has 34 heavy (non-hydrogen) atoms. The van der Waals surface area contributed by atoms with Crippen LogP contribution in [-0.4, -0.2) is 51.2 Å². The first-order chi connectivity index (χ1) is 16.2. The fourth-order valence-electron chi connectivity index (χ4n) is 4.44. The number of nitrogens with zero attached hydrogens (tertiary/aromatic N) is 4. The SMILES string of the molecule is C[C@@H]1Cc2oc(C(=O)NCc3cn(C)cn3)c(C(F)(F)F)c2-c2nn(CC3COCCO3)cc21. The summed E-state index contributed by atoms with van der Waals surface area (Å²) < 4.78 is 62.6. The van der Waals surface area contributed by atoms with Gasteiger partial charge in [0.05, 0.1) is 56.2 Å². The maximum atomic E-state index is 14.2. The van der Waals surface area contributed by atoms with Crippen LogP contribution in [0.4, 0.5) is 13.2 Å². The van der Waals surface area contributed by atoms with Crippen molar-refractivity contribution < 1.29 is 31.9 Å². The Morgan fingerprint density at radius 1 is 1.29 bits per heavy atom. The van der Waals surface area contributed by atoms with E-state index in [1.54, 1.807) is 28.7 Å². The largest absolute Gasteiger partial charge is 0.455 e. The normalized spacial score (nSPS) is 20.1. The zero-order valence-corrected chi connectivity index (χ0v) is 18.7. The lowest BCUT2D eigenvalue weighted by Crippen LogP contribution is -2.32. The average Bonchev–Trinajstić information content (AvgIpc) is 3.49. The van der Waals surface area contributed by atoms with Crippen molar-refractivity contribution in [2.24, 2.45) is 7.05 Å². The van der Waals surface area contributed by atoms with E-state index in [2.05, 4.69) is 15.4 Å². The summed E-state index contributed by atoms with van der Waals surface area (Å²) in [5.74, 6) is -1.73. The highest BCUT2D eigenvalue weighted by atomic mass is 19.4. The Hall–Kier alpha value is -3.12. The van der Waals surface area contributed by atoms with Crippen LogP contribution in [0.1, 0.15) is 46.0 Å². The standard InChI is InChI=1S/C22H24F3N5O4/c1-12-5-16-17(19-15(12)9-30(28-19)8-14-10-32-3-4-33-14)18(22(23,24)25)20(34-16)21(31)26-6-13-7-29(2)11-27-13/h7,9,11-12,14H,3-6,8,10H2,1-2H3,(H,26,31)/t12-,14?/m1/s1. The van der Waals surface area contributed by atoms with Crippen LogP contribution in [0.15, 0.2) is 23.1 Å². The lowest BCUT2D eigenvalue weighted by Gasteiger charge is -2.22. The van der Waals surface area contributed by atoms with Crippen LogP contribution >= 0.6 is 0 Å². The summed E-state index contributed by atoms with van der Waals surface area (Å²) in [5, 5.41) is 6.94. The molecule has 3 aromatic rings. The number of imidazole rings is 1. The summed E-state index contributed by atoms with van der Waals surface area (Å²) in [5.41, 5.74) is 0.116. The van der Waals surface area contributed by atoms with Crippen LogP contribution in [0.2, 0.25) is 0 Å². The molecule has 1 unspecified atom stereocenters. The molecule has 1 aliphatic carbocycles. The van der Waals surface area contributed by atoms with Crippen LogP contribution < -0.4 is 5.32 Å². The maximum Gasteiger partial charge on any atom is 0.420 e. The third kappa shape index (κ3) is 4.23. The van der Waals surface area contributed by atoms with E-state index < -0.39 is 23.4 Å². The number of halogens is 3. The fourth-order valence-corrected chi connectivity index (χ4v) is 4.44. The lowest BCUT2D eigenvalue weighted by molar-refractivity contribution is -0.137. The Kier molecular flexibility index (Phi) is 5.72. The molecule has 1 aliphatic heterocycles. The van der Waals surface area contributed by atoms with Gasteiger partial charge in [0.1, 0.15) is 17.4 Å². The zero-order chi connectivity index (χ0) is 24.0. The number of hydrogen-bond donors (Lipinski definition) is 1. The number of rotatable bonds is 5. The van der Waals surface area contributed by atoms with E-state index in [1.807, 2.05) is 6.92 Å². The van der Waals surface area contributed by atoms with Gasteiger partial charge in [0.2, 0.25) is 5.76 Å². The van der Waals surface area contributed by atoms with Crippen molar-refractivity contribution in [1.29, 1.82) is 0 Å². The van der Waals surface area contributed by atoms with Crippen molar-refractivity contribution >= 4 is 5.91 Å². The third-order valence-corrected chi connectivity index (χ3v) is 5.98. The molecule has 5 rings (SSSR count). The van der Waals surface area contributed by atoms with Crippen molar-refractivity contribution in [1.82, 2.24) is 24.6 Å². The van der Waals surface area contributed by atoms with Gasteiger partial charge in [-0.3, -0.25) is 9.48 Å². The second-order valence-electron chi connectivity index (χ2n) is 8.64. The topological polar surface area (TPSA) is 96.3 Å². The summed E-state index contributed by atoms with van der Waals surface area (Å²) in [6.45, 7) is 3.59. The lowest BCUT2D eigenvalue weighted by atomic mass is 9.86. The summed E-state index contributed by atoms with van der Waals surface area (Å²) in [4.78, 5) is 16.8. The molecule has 12 heteroatoms. The van der Waals surface area contributed by atoms with Gasteiger partial charge in [-0.2, -0.15) is 18.3 Å². The molecule has 2 aliphatic rings. The van der Waals surface area contributed by atoms with E-state index in [0.29, 0.717) is 37.6 Å². The molecule has 9 nitrogen and oxygen atoms in total. The van der Waals surface area contributed by atoms with Gasteiger partial charge in [-0.25, -0.2) is 4.98 Å². The molecular weight excluding hydrogens is 455 g/mol. The van der Waals surface area contributed by atoms with Crippen molar-refractivity contribution in [3.8, 4) is 11.3 Å². The second-order valence-corrected chi connectivity index (χ2v) is 8.64. The van der Waals surface area contributed by atoms with Crippen LogP contribution in [0.3, 0.4) is 0 Å². The first kappa shape index (κ1) is 22.7. The predicted octanol–water partition coefficient (Wildman–Crippen LogP) is 2.90.